The van der Waals surface area contributed by atoms with E-state index in [1.807, 2.05) is 0 Å². The third kappa shape index (κ3) is 2.93. The number of carbonyl (C=O) groups is 1. The minimum absolute atomic E-state index is 0.207. The molecule has 2 N–H and O–H groups in total. The van der Waals surface area contributed by atoms with Crippen molar-refractivity contribution in [2.45, 2.75) is 0 Å². The van der Waals surface area contributed by atoms with Crippen molar-refractivity contribution in [2.24, 2.45) is 0 Å². The fourth-order valence-corrected chi connectivity index (χ4v) is 1.40. The van der Waals surface area contributed by atoms with Gasteiger partial charge < -0.3 is 19.9 Å². The van der Waals surface area contributed by atoms with Crippen LogP contribution in [0, 0.1) is 0 Å². The van der Waals surface area contributed by atoms with E-state index in [4.69, 9.17) is 26.2 Å². The SMILES string of the molecule is COc1cc(NCC(=O)O)c(OC)cc1Cl. The fraction of sp³-hybridized carbons (Fsp3) is 0.300. The van der Waals surface area contributed by atoms with Crippen molar-refractivity contribution in [3.8, 4) is 11.5 Å². The number of rotatable bonds is 5. The van der Waals surface area contributed by atoms with Gasteiger partial charge in [-0.3, -0.25) is 4.79 Å². The van der Waals surface area contributed by atoms with E-state index in [1.54, 1.807) is 12.1 Å². The quantitative estimate of drug-likeness (QED) is 0.829. The molecular formula is C10H12ClNO4. The van der Waals surface area contributed by atoms with Crippen LogP contribution in [0.4, 0.5) is 5.69 Å². The molecule has 0 saturated carbocycles. The molecule has 0 radical (unpaired) electrons. The van der Waals surface area contributed by atoms with Crippen LogP contribution in [0.1, 0.15) is 0 Å². The molecule has 88 valence electrons. The Morgan fingerprint density at radius 2 is 2.00 bits per heavy atom. The van der Waals surface area contributed by atoms with Crippen molar-refractivity contribution in [3.63, 3.8) is 0 Å². The number of nitrogens with one attached hydrogen (secondary N) is 1. The number of carboxylic acid groups (broad SMARTS) is 1. The Hall–Kier alpha value is -1.62. The molecule has 0 aliphatic rings. The van der Waals surface area contributed by atoms with E-state index in [-0.39, 0.29) is 6.54 Å². The Bertz CT molecular complexity index is 395. The van der Waals surface area contributed by atoms with Crippen LogP contribution in [0.5, 0.6) is 11.5 Å². The van der Waals surface area contributed by atoms with Gasteiger partial charge in [0, 0.05) is 12.1 Å². The van der Waals surface area contributed by atoms with Crippen LogP contribution in [0.15, 0.2) is 12.1 Å². The molecule has 0 unspecified atom stereocenters. The Morgan fingerprint density at radius 1 is 1.38 bits per heavy atom. The number of anilines is 1. The minimum Gasteiger partial charge on any atom is -0.495 e. The Labute approximate surface area is 97.9 Å². The lowest BCUT2D eigenvalue weighted by Crippen LogP contribution is -2.13. The first-order chi connectivity index (χ1) is 7.58. The lowest BCUT2D eigenvalue weighted by Gasteiger charge is -2.12. The van der Waals surface area contributed by atoms with Crippen molar-refractivity contribution in [1.82, 2.24) is 0 Å². The molecule has 16 heavy (non-hydrogen) atoms. The van der Waals surface area contributed by atoms with E-state index in [9.17, 15) is 4.79 Å². The summed E-state index contributed by atoms with van der Waals surface area (Å²) in [7, 11) is 2.96. The van der Waals surface area contributed by atoms with Crippen LogP contribution in [0.3, 0.4) is 0 Å². The Morgan fingerprint density at radius 3 is 2.50 bits per heavy atom. The number of ether oxygens (including phenoxy) is 2. The van der Waals surface area contributed by atoms with Crippen molar-refractivity contribution in [2.75, 3.05) is 26.1 Å². The summed E-state index contributed by atoms with van der Waals surface area (Å²) in [5, 5.41) is 11.7. The maximum atomic E-state index is 10.4. The van der Waals surface area contributed by atoms with Gasteiger partial charge in [-0.15, -0.1) is 0 Å². The minimum atomic E-state index is -0.962. The van der Waals surface area contributed by atoms with Gasteiger partial charge >= 0.3 is 5.97 Å². The van der Waals surface area contributed by atoms with Crippen LogP contribution >= 0.6 is 11.6 Å². The maximum Gasteiger partial charge on any atom is 0.322 e. The molecular weight excluding hydrogens is 234 g/mol. The second-order valence-electron chi connectivity index (χ2n) is 2.93. The van der Waals surface area contributed by atoms with Crippen LogP contribution in [0.25, 0.3) is 0 Å². The molecule has 1 aromatic rings. The zero-order valence-corrected chi connectivity index (χ0v) is 9.67. The van der Waals surface area contributed by atoms with E-state index in [1.165, 1.54) is 14.2 Å². The number of halogens is 1. The standard InChI is InChI=1S/C10H12ClNO4/c1-15-8-4-7(12-5-10(13)14)9(16-2)3-6(8)11/h3-4,12H,5H2,1-2H3,(H,13,14). The Balaban J connectivity index is 2.99. The van der Waals surface area contributed by atoms with Gasteiger partial charge in [0.05, 0.1) is 24.9 Å². The van der Waals surface area contributed by atoms with Gasteiger partial charge in [-0.1, -0.05) is 11.6 Å². The summed E-state index contributed by atoms with van der Waals surface area (Å²) in [5.41, 5.74) is 0.520. The van der Waals surface area contributed by atoms with Gasteiger partial charge in [0.1, 0.15) is 18.0 Å². The fourth-order valence-electron chi connectivity index (χ4n) is 1.17. The molecule has 0 fully saturated rings. The number of hydrogen-bond acceptors (Lipinski definition) is 4. The van der Waals surface area contributed by atoms with Crippen molar-refractivity contribution >= 4 is 23.3 Å². The lowest BCUT2D eigenvalue weighted by molar-refractivity contribution is -0.134. The van der Waals surface area contributed by atoms with Crippen molar-refractivity contribution in [3.05, 3.63) is 17.2 Å². The van der Waals surface area contributed by atoms with E-state index in [2.05, 4.69) is 5.32 Å². The molecule has 6 heteroatoms. The highest BCUT2D eigenvalue weighted by Crippen LogP contribution is 2.35. The van der Waals surface area contributed by atoms with Gasteiger partial charge in [0.25, 0.3) is 0 Å². The first kappa shape index (κ1) is 12.4. The molecule has 0 bridgehead atoms. The largest absolute Gasteiger partial charge is 0.495 e. The first-order valence-corrected chi connectivity index (χ1v) is 4.83. The predicted molar refractivity (Wildman–Crippen MR) is 60.7 cm³/mol. The summed E-state index contributed by atoms with van der Waals surface area (Å²) in [6.45, 7) is -0.207. The van der Waals surface area contributed by atoms with Gasteiger partial charge in [0.2, 0.25) is 0 Å². The van der Waals surface area contributed by atoms with Crippen molar-refractivity contribution < 1.29 is 19.4 Å². The molecule has 0 heterocycles. The van der Waals surface area contributed by atoms with Gasteiger partial charge in [-0.25, -0.2) is 0 Å². The van der Waals surface area contributed by atoms with Crippen molar-refractivity contribution in [1.29, 1.82) is 0 Å². The summed E-state index contributed by atoms with van der Waals surface area (Å²) in [6.07, 6.45) is 0. The average Bonchev–Trinajstić information content (AvgIpc) is 2.26. The number of hydrogen-bond donors (Lipinski definition) is 2. The van der Waals surface area contributed by atoms with Gasteiger partial charge in [0.15, 0.2) is 0 Å². The number of methoxy groups -OCH3 is 2. The molecule has 5 nitrogen and oxygen atoms in total. The lowest BCUT2D eigenvalue weighted by atomic mass is 10.2. The summed E-state index contributed by atoms with van der Waals surface area (Å²) in [5.74, 6) is -0.0432. The summed E-state index contributed by atoms with van der Waals surface area (Å²) in [4.78, 5) is 10.4. The highest BCUT2D eigenvalue weighted by Gasteiger charge is 2.10. The zero-order valence-electron chi connectivity index (χ0n) is 8.91. The van der Waals surface area contributed by atoms with Crippen LogP contribution in [0.2, 0.25) is 5.02 Å². The second kappa shape index (κ2) is 5.46. The van der Waals surface area contributed by atoms with E-state index >= 15 is 0 Å². The smallest absolute Gasteiger partial charge is 0.322 e. The number of benzene rings is 1. The summed E-state index contributed by atoms with van der Waals surface area (Å²) >= 11 is 5.89. The zero-order chi connectivity index (χ0) is 12.1. The summed E-state index contributed by atoms with van der Waals surface area (Å²) in [6, 6.07) is 3.15. The third-order valence-electron chi connectivity index (χ3n) is 1.90. The highest BCUT2D eigenvalue weighted by molar-refractivity contribution is 6.32. The Kier molecular flexibility index (Phi) is 4.25. The molecule has 0 aromatic heterocycles. The highest BCUT2D eigenvalue weighted by atomic mass is 35.5. The number of aliphatic carboxylic acids is 1. The predicted octanol–water partition coefficient (Wildman–Crippen LogP) is 1.85. The molecule has 0 spiro atoms. The van der Waals surface area contributed by atoms with Crippen LogP contribution < -0.4 is 14.8 Å². The summed E-state index contributed by atoms with van der Waals surface area (Å²) < 4.78 is 10.1. The van der Waals surface area contributed by atoms with Crippen LogP contribution in [-0.2, 0) is 4.79 Å². The molecule has 0 aliphatic heterocycles. The molecule has 0 amide bonds. The molecule has 0 atom stereocenters. The molecule has 1 aromatic carbocycles. The van der Waals surface area contributed by atoms with Crippen LogP contribution in [-0.4, -0.2) is 31.8 Å². The number of carboxylic acids is 1. The van der Waals surface area contributed by atoms with E-state index in [0.717, 1.165) is 0 Å². The van der Waals surface area contributed by atoms with E-state index < -0.39 is 5.97 Å². The molecule has 0 saturated heterocycles. The van der Waals surface area contributed by atoms with Gasteiger partial charge in [-0.2, -0.15) is 0 Å². The molecule has 1 rings (SSSR count). The third-order valence-corrected chi connectivity index (χ3v) is 2.20. The normalized spacial score (nSPS) is 9.69. The average molecular weight is 246 g/mol. The first-order valence-electron chi connectivity index (χ1n) is 4.45. The van der Waals surface area contributed by atoms with E-state index in [0.29, 0.717) is 22.2 Å². The van der Waals surface area contributed by atoms with Gasteiger partial charge in [-0.05, 0) is 0 Å². The maximum absolute atomic E-state index is 10.4. The topological polar surface area (TPSA) is 67.8 Å². The molecule has 0 aliphatic carbocycles. The second-order valence-corrected chi connectivity index (χ2v) is 3.34. The monoisotopic (exact) mass is 245 g/mol.